The molecule has 0 radical (unpaired) electrons. The smallest absolute Gasteiger partial charge is 0.156 e. The van der Waals surface area contributed by atoms with E-state index in [0.29, 0.717) is 5.75 Å². The number of hydrogen-bond donors (Lipinski definition) is 1. The first kappa shape index (κ1) is 14.3. The summed E-state index contributed by atoms with van der Waals surface area (Å²) in [6.45, 7) is 2.14. The summed E-state index contributed by atoms with van der Waals surface area (Å²) in [6, 6.07) is 9.23. The van der Waals surface area contributed by atoms with Gasteiger partial charge in [0.2, 0.25) is 0 Å². The normalized spacial score (nSPS) is 10.6. The summed E-state index contributed by atoms with van der Waals surface area (Å²) >= 11 is 0. The molecule has 0 aliphatic rings. The van der Waals surface area contributed by atoms with E-state index in [1.807, 2.05) is 12.1 Å². The highest BCUT2D eigenvalue weighted by molar-refractivity contribution is 5.55. The first-order chi connectivity index (χ1) is 9.60. The van der Waals surface area contributed by atoms with Crippen LogP contribution in [-0.4, -0.2) is 0 Å². The van der Waals surface area contributed by atoms with Gasteiger partial charge in [0.15, 0.2) is 11.6 Å². The third-order valence-electron chi connectivity index (χ3n) is 3.03. The largest absolute Gasteiger partial charge is 0.455 e. The first-order valence-electron chi connectivity index (χ1n) is 6.61. The number of halogens is 2. The van der Waals surface area contributed by atoms with E-state index < -0.39 is 11.6 Å². The van der Waals surface area contributed by atoms with Crippen molar-refractivity contribution in [2.45, 2.75) is 26.2 Å². The summed E-state index contributed by atoms with van der Waals surface area (Å²) in [5, 5.41) is 0. The summed E-state index contributed by atoms with van der Waals surface area (Å²) in [6.07, 6.45) is 3.27. The third kappa shape index (κ3) is 3.47. The quantitative estimate of drug-likeness (QED) is 0.805. The monoisotopic (exact) mass is 277 g/mol. The van der Waals surface area contributed by atoms with E-state index in [4.69, 9.17) is 10.5 Å². The number of anilines is 1. The molecule has 0 amide bonds. The molecule has 0 saturated heterocycles. The zero-order valence-electron chi connectivity index (χ0n) is 11.3. The van der Waals surface area contributed by atoms with Gasteiger partial charge in [-0.2, -0.15) is 0 Å². The number of nitrogen functional groups attached to an aromatic ring is 1. The predicted molar refractivity (Wildman–Crippen MR) is 75.9 cm³/mol. The molecule has 0 aliphatic carbocycles. The van der Waals surface area contributed by atoms with Crippen molar-refractivity contribution in [3.05, 3.63) is 53.6 Å². The van der Waals surface area contributed by atoms with Crippen molar-refractivity contribution in [2.24, 2.45) is 0 Å². The molecular formula is C16H17F2NO. The maximum Gasteiger partial charge on any atom is 0.156 e. The van der Waals surface area contributed by atoms with Crippen LogP contribution in [0.15, 0.2) is 36.4 Å². The Kier molecular flexibility index (Phi) is 4.56. The zero-order valence-corrected chi connectivity index (χ0v) is 11.3. The highest BCUT2D eigenvalue weighted by atomic mass is 19.1. The Labute approximate surface area is 117 Å². The summed E-state index contributed by atoms with van der Waals surface area (Å²) in [5.41, 5.74) is 6.54. The van der Waals surface area contributed by atoms with Crippen molar-refractivity contribution < 1.29 is 13.5 Å². The molecule has 2 N–H and O–H groups in total. The Bertz CT molecular complexity index is 582. The van der Waals surface area contributed by atoms with Crippen LogP contribution in [-0.2, 0) is 6.42 Å². The zero-order chi connectivity index (χ0) is 14.5. The summed E-state index contributed by atoms with van der Waals surface area (Å²) < 4.78 is 31.9. The third-order valence-corrected chi connectivity index (χ3v) is 3.03. The number of hydrogen-bond acceptors (Lipinski definition) is 2. The van der Waals surface area contributed by atoms with E-state index in [-0.39, 0.29) is 11.4 Å². The molecule has 2 nitrogen and oxygen atoms in total. The molecule has 2 aromatic rings. The lowest BCUT2D eigenvalue weighted by Gasteiger charge is -2.10. The standard InChI is InChI=1S/C16H17F2NO/c1-2-3-4-11-5-7-13(8-6-11)20-15-10-12(17)9-14(18)16(15)19/h5-10H,2-4,19H2,1H3. The van der Waals surface area contributed by atoms with Gasteiger partial charge >= 0.3 is 0 Å². The molecule has 0 aromatic heterocycles. The molecule has 0 fully saturated rings. The number of rotatable bonds is 5. The SMILES string of the molecule is CCCCc1ccc(Oc2cc(F)cc(F)c2N)cc1. The van der Waals surface area contributed by atoms with Crippen molar-refractivity contribution in [2.75, 3.05) is 5.73 Å². The second-order valence-corrected chi connectivity index (χ2v) is 4.65. The van der Waals surface area contributed by atoms with E-state index in [9.17, 15) is 8.78 Å². The van der Waals surface area contributed by atoms with Gasteiger partial charge in [-0.05, 0) is 30.5 Å². The van der Waals surface area contributed by atoms with E-state index in [0.717, 1.165) is 31.4 Å². The fourth-order valence-electron chi connectivity index (χ4n) is 1.88. The van der Waals surface area contributed by atoms with Crippen LogP contribution in [0.2, 0.25) is 0 Å². The second kappa shape index (κ2) is 6.37. The van der Waals surface area contributed by atoms with Crippen LogP contribution in [0, 0.1) is 11.6 Å². The van der Waals surface area contributed by atoms with E-state index in [1.165, 1.54) is 5.56 Å². The van der Waals surface area contributed by atoms with Gasteiger partial charge in [-0.25, -0.2) is 8.78 Å². The fourth-order valence-corrected chi connectivity index (χ4v) is 1.88. The number of benzene rings is 2. The van der Waals surface area contributed by atoms with Gasteiger partial charge in [0.1, 0.15) is 17.3 Å². The molecule has 0 heterocycles. The lowest BCUT2D eigenvalue weighted by Crippen LogP contribution is -1.97. The Morgan fingerprint density at radius 3 is 2.45 bits per heavy atom. The molecule has 0 atom stereocenters. The van der Waals surface area contributed by atoms with Crippen molar-refractivity contribution in [3.63, 3.8) is 0 Å². The van der Waals surface area contributed by atoms with Crippen molar-refractivity contribution in [1.29, 1.82) is 0 Å². The Morgan fingerprint density at radius 1 is 1.10 bits per heavy atom. The van der Waals surface area contributed by atoms with Crippen LogP contribution in [0.4, 0.5) is 14.5 Å². The van der Waals surface area contributed by atoms with Gasteiger partial charge in [0.25, 0.3) is 0 Å². The van der Waals surface area contributed by atoms with E-state index in [1.54, 1.807) is 12.1 Å². The molecule has 0 spiro atoms. The molecular weight excluding hydrogens is 260 g/mol. The second-order valence-electron chi connectivity index (χ2n) is 4.65. The van der Waals surface area contributed by atoms with Crippen molar-refractivity contribution >= 4 is 5.69 Å². The Morgan fingerprint density at radius 2 is 1.80 bits per heavy atom. The molecule has 0 unspecified atom stereocenters. The Balaban J connectivity index is 2.14. The average molecular weight is 277 g/mol. The van der Waals surface area contributed by atoms with Gasteiger partial charge < -0.3 is 10.5 Å². The van der Waals surface area contributed by atoms with Gasteiger partial charge in [-0.1, -0.05) is 25.5 Å². The summed E-state index contributed by atoms with van der Waals surface area (Å²) in [4.78, 5) is 0. The Hall–Kier alpha value is -2.10. The lowest BCUT2D eigenvalue weighted by molar-refractivity contribution is 0.472. The van der Waals surface area contributed by atoms with Crippen LogP contribution >= 0.6 is 0 Å². The van der Waals surface area contributed by atoms with Gasteiger partial charge in [-0.15, -0.1) is 0 Å². The summed E-state index contributed by atoms with van der Waals surface area (Å²) in [7, 11) is 0. The van der Waals surface area contributed by atoms with Crippen LogP contribution in [0.5, 0.6) is 11.5 Å². The molecule has 2 aromatic carbocycles. The minimum Gasteiger partial charge on any atom is -0.455 e. The van der Waals surface area contributed by atoms with E-state index >= 15 is 0 Å². The number of nitrogens with two attached hydrogens (primary N) is 1. The topological polar surface area (TPSA) is 35.2 Å². The predicted octanol–water partition coefficient (Wildman–Crippen LogP) is 4.68. The molecule has 0 saturated carbocycles. The first-order valence-corrected chi connectivity index (χ1v) is 6.61. The highest BCUT2D eigenvalue weighted by Crippen LogP contribution is 2.30. The minimum atomic E-state index is -0.820. The molecule has 0 bridgehead atoms. The van der Waals surface area contributed by atoms with Crippen LogP contribution in [0.25, 0.3) is 0 Å². The molecule has 2 rings (SSSR count). The minimum absolute atomic E-state index is 0.0104. The van der Waals surface area contributed by atoms with Gasteiger partial charge in [0.05, 0.1) is 0 Å². The van der Waals surface area contributed by atoms with Gasteiger partial charge in [-0.3, -0.25) is 0 Å². The molecule has 4 heteroatoms. The van der Waals surface area contributed by atoms with Crippen LogP contribution in [0.1, 0.15) is 25.3 Å². The van der Waals surface area contributed by atoms with E-state index in [2.05, 4.69) is 6.92 Å². The number of ether oxygens (including phenoxy) is 1. The highest BCUT2D eigenvalue weighted by Gasteiger charge is 2.10. The fraction of sp³-hybridized carbons (Fsp3) is 0.250. The molecule has 20 heavy (non-hydrogen) atoms. The lowest BCUT2D eigenvalue weighted by atomic mass is 10.1. The average Bonchev–Trinajstić information content (AvgIpc) is 2.43. The van der Waals surface area contributed by atoms with Crippen LogP contribution in [0.3, 0.4) is 0 Å². The van der Waals surface area contributed by atoms with Gasteiger partial charge in [0, 0.05) is 12.1 Å². The maximum atomic E-state index is 13.3. The van der Waals surface area contributed by atoms with Crippen molar-refractivity contribution in [3.8, 4) is 11.5 Å². The van der Waals surface area contributed by atoms with Crippen LogP contribution < -0.4 is 10.5 Å². The maximum absolute atomic E-state index is 13.3. The summed E-state index contributed by atoms with van der Waals surface area (Å²) in [5.74, 6) is -1.04. The number of aryl methyl sites for hydroxylation is 1. The number of unbranched alkanes of at least 4 members (excludes halogenated alkanes) is 1. The van der Waals surface area contributed by atoms with Crippen molar-refractivity contribution in [1.82, 2.24) is 0 Å². The molecule has 106 valence electrons. The molecule has 0 aliphatic heterocycles.